The van der Waals surface area contributed by atoms with Crippen LogP contribution in [0.5, 0.6) is 0 Å². The molecule has 0 N–H and O–H groups in total. The lowest BCUT2D eigenvalue weighted by Crippen LogP contribution is -2.43. The number of rotatable bonds is 5. The van der Waals surface area contributed by atoms with Crippen molar-refractivity contribution in [1.82, 2.24) is 9.80 Å². The second-order valence-electron chi connectivity index (χ2n) is 6.01. The molecule has 5 heteroatoms. The molecule has 0 unspecified atom stereocenters. The van der Waals surface area contributed by atoms with Crippen LogP contribution in [0.1, 0.15) is 24.8 Å². The second-order valence-corrected chi connectivity index (χ2v) is 6.01. The summed E-state index contributed by atoms with van der Waals surface area (Å²) in [6, 6.07) is 11.8. The summed E-state index contributed by atoms with van der Waals surface area (Å²) in [5, 5.41) is 8.60. The molecule has 5 nitrogen and oxygen atoms in total. The summed E-state index contributed by atoms with van der Waals surface area (Å²) in [5.41, 5.74) is 0.995. The van der Waals surface area contributed by atoms with Crippen molar-refractivity contribution in [2.24, 2.45) is 5.92 Å². The van der Waals surface area contributed by atoms with Gasteiger partial charge in [0.1, 0.15) is 0 Å². The fraction of sp³-hybridized carbons (Fsp3) is 0.421. The van der Waals surface area contributed by atoms with Crippen LogP contribution in [0.2, 0.25) is 0 Å². The molecule has 0 aromatic heterocycles. The maximum absolute atomic E-state index is 12.3. The van der Waals surface area contributed by atoms with Crippen LogP contribution in [-0.4, -0.2) is 48.3 Å². The van der Waals surface area contributed by atoms with Gasteiger partial charge in [-0.15, -0.1) is 0 Å². The smallest absolute Gasteiger partial charge is 0.246 e. The molecule has 1 aliphatic rings. The molecule has 0 spiro atoms. The zero-order valence-corrected chi connectivity index (χ0v) is 14.0. The van der Waals surface area contributed by atoms with Gasteiger partial charge in [0.25, 0.3) is 0 Å². The van der Waals surface area contributed by atoms with Crippen molar-refractivity contribution in [3.05, 3.63) is 42.0 Å². The minimum atomic E-state index is -0.0455. The van der Waals surface area contributed by atoms with Gasteiger partial charge >= 0.3 is 0 Å². The average Bonchev–Trinajstić information content (AvgIpc) is 2.64. The Balaban J connectivity index is 1.82. The van der Waals surface area contributed by atoms with Gasteiger partial charge in [-0.2, -0.15) is 5.26 Å². The Bertz CT molecular complexity index is 626. The van der Waals surface area contributed by atoms with Crippen molar-refractivity contribution < 1.29 is 9.59 Å². The minimum absolute atomic E-state index is 0.0115. The van der Waals surface area contributed by atoms with Crippen molar-refractivity contribution in [2.75, 3.05) is 26.7 Å². The molecule has 1 aliphatic heterocycles. The zero-order valence-electron chi connectivity index (χ0n) is 14.0. The largest absolute Gasteiger partial charge is 0.344 e. The molecule has 1 fully saturated rings. The third-order valence-electron chi connectivity index (χ3n) is 4.31. The van der Waals surface area contributed by atoms with Crippen LogP contribution in [0.25, 0.3) is 6.08 Å². The van der Waals surface area contributed by atoms with Crippen LogP contribution in [0.15, 0.2) is 36.4 Å². The van der Waals surface area contributed by atoms with Crippen LogP contribution in [-0.2, 0) is 9.59 Å². The van der Waals surface area contributed by atoms with E-state index in [2.05, 4.69) is 6.07 Å². The highest BCUT2D eigenvalue weighted by atomic mass is 16.2. The number of carbonyl (C=O) groups excluding carboxylic acids is 2. The highest BCUT2D eigenvalue weighted by molar-refractivity contribution is 5.92. The van der Waals surface area contributed by atoms with E-state index in [1.54, 1.807) is 22.9 Å². The van der Waals surface area contributed by atoms with E-state index in [1.165, 1.54) is 0 Å². The highest BCUT2D eigenvalue weighted by Gasteiger charge is 2.28. The summed E-state index contributed by atoms with van der Waals surface area (Å²) in [6.45, 7) is 1.66. The number of carbonyl (C=O) groups is 2. The van der Waals surface area contributed by atoms with Gasteiger partial charge in [-0.05, 0) is 24.5 Å². The molecule has 1 heterocycles. The van der Waals surface area contributed by atoms with E-state index in [0.717, 1.165) is 5.56 Å². The molecular weight excluding hydrogens is 302 g/mol. The van der Waals surface area contributed by atoms with Gasteiger partial charge in [0.15, 0.2) is 0 Å². The third-order valence-corrected chi connectivity index (χ3v) is 4.31. The lowest BCUT2D eigenvalue weighted by atomic mass is 9.95. The number of nitrogens with zero attached hydrogens (tertiary/aromatic N) is 3. The monoisotopic (exact) mass is 325 g/mol. The molecule has 0 atom stereocenters. The SMILES string of the molecule is CN(CCC#N)C(=O)C1CCN(C(=O)C=Cc2ccccc2)CC1. The van der Waals surface area contributed by atoms with Gasteiger partial charge < -0.3 is 9.80 Å². The van der Waals surface area contributed by atoms with Crippen molar-refractivity contribution in [1.29, 1.82) is 5.26 Å². The van der Waals surface area contributed by atoms with Crippen molar-refractivity contribution in [3.63, 3.8) is 0 Å². The first kappa shape index (κ1) is 17.7. The fourth-order valence-electron chi connectivity index (χ4n) is 2.82. The number of hydrogen-bond acceptors (Lipinski definition) is 3. The van der Waals surface area contributed by atoms with Crippen molar-refractivity contribution in [2.45, 2.75) is 19.3 Å². The lowest BCUT2D eigenvalue weighted by Gasteiger charge is -2.32. The molecule has 0 saturated carbocycles. The predicted molar refractivity (Wildman–Crippen MR) is 92.6 cm³/mol. The maximum Gasteiger partial charge on any atom is 0.246 e. The van der Waals surface area contributed by atoms with Gasteiger partial charge in [0.2, 0.25) is 11.8 Å². The first-order valence-electron chi connectivity index (χ1n) is 8.26. The average molecular weight is 325 g/mol. The van der Waals surface area contributed by atoms with E-state index in [1.807, 2.05) is 36.4 Å². The van der Waals surface area contributed by atoms with Crippen LogP contribution >= 0.6 is 0 Å². The highest BCUT2D eigenvalue weighted by Crippen LogP contribution is 2.20. The van der Waals surface area contributed by atoms with Gasteiger partial charge in [0, 0.05) is 38.7 Å². The van der Waals surface area contributed by atoms with Crippen LogP contribution < -0.4 is 0 Å². The Morgan fingerprint density at radius 3 is 2.58 bits per heavy atom. The summed E-state index contributed by atoms with van der Waals surface area (Å²) in [7, 11) is 1.74. The second kappa shape index (κ2) is 8.88. The Kier molecular flexibility index (Phi) is 6.56. The molecular formula is C19H23N3O2. The van der Waals surface area contributed by atoms with E-state index >= 15 is 0 Å². The molecule has 0 aliphatic carbocycles. The summed E-state index contributed by atoms with van der Waals surface area (Å²) in [5.74, 6) is 0.0237. The normalized spacial score (nSPS) is 15.2. The van der Waals surface area contributed by atoms with Gasteiger partial charge in [-0.25, -0.2) is 0 Å². The van der Waals surface area contributed by atoms with Crippen molar-refractivity contribution >= 4 is 17.9 Å². The first-order valence-corrected chi connectivity index (χ1v) is 8.26. The maximum atomic E-state index is 12.3. The zero-order chi connectivity index (χ0) is 17.4. The number of piperidine rings is 1. The van der Waals surface area contributed by atoms with Crippen LogP contribution in [0.4, 0.5) is 0 Å². The quantitative estimate of drug-likeness (QED) is 0.780. The van der Waals surface area contributed by atoms with E-state index in [-0.39, 0.29) is 17.7 Å². The molecule has 1 aromatic rings. The van der Waals surface area contributed by atoms with Crippen molar-refractivity contribution in [3.8, 4) is 6.07 Å². The fourth-order valence-corrected chi connectivity index (χ4v) is 2.82. The van der Waals surface area contributed by atoms with E-state index in [4.69, 9.17) is 5.26 Å². The molecule has 0 bridgehead atoms. The lowest BCUT2D eigenvalue weighted by molar-refractivity contribution is -0.138. The standard InChI is InChI=1S/C19H23N3O2/c1-21(13-5-12-20)19(24)17-10-14-22(15-11-17)18(23)9-8-16-6-3-2-4-7-16/h2-4,6-9,17H,5,10-11,13-15H2,1H3. The Morgan fingerprint density at radius 1 is 1.29 bits per heavy atom. The number of benzene rings is 1. The van der Waals surface area contributed by atoms with E-state index in [9.17, 15) is 9.59 Å². The predicted octanol–water partition coefficient (Wildman–Crippen LogP) is 2.31. The third kappa shape index (κ3) is 4.95. The van der Waals surface area contributed by atoms with E-state index in [0.29, 0.717) is 38.9 Å². The summed E-state index contributed by atoms with van der Waals surface area (Å²) in [6.07, 6.45) is 5.12. The number of likely N-dealkylation sites (tertiary alicyclic amines) is 1. The Hall–Kier alpha value is -2.61. The molecule has 2 amide bonds. The molecule has 1 aromatic carbocycles. The number of hydrogen-bond donors (Lipinski definition) is 0. The molecule has 126 valence electrons. The van der Waals surface area contributed by atoms with Gasteiger partial charge in [0.05, 0.1) is 12.5 Å². The van der Waals surface area contributed by atoms with Gasteiger partial charge in [-0.3, -0.25) is 9.59 Å². The molecule has 0 radical (unpaired) electrons. The minimum Gasteiger partial charge on any atom is -0.344 e. The molecule has 2 rings (SSSR count). The Morgan fingerprint density at radius 2 is 1.96 bits per heavy atom. The summed E-state index contributed by atoms with van der Waals surface area (Å²) >= 11 is 0. The number of nitriles is 1. The van der Waals surface area contributed by atoms with Crippen LogP contribution in [0, 0.1) is 17.2 Å². The molecule has 1 saturated heterocycles. The van der Waals surface area contributed by atoms with Crippen LogP contribution in [0.3, 0.4) is 0 Å². The van der Waals surface area contributed by atoms with E-state index < -0.39 is 0 Å². The molecule has 24 heavy (non-hydrogen) atoms. The van der Waals surface area contributed by atoms with Gasteiger partial charge in [-0.1, -0.05) is 30.3 Å². The summed E-state index contributed by atoms with van der Waals surface area (Å²) < 4.78 is 0. The first-order chi connectivity index (χ1) is 11.6. The summed E-state index contributed by atoms with van der Waals surface area (Å²) in [4.78, 5) is 27.9. The number of amides is 2. The topological polar surface area (TPSA) is 64.4 Å². The Labute approximate surface area is 143 Å².